The van der Waals surface area contributed by atoms with Crippen LogP contribution < -0.4 is 5.69 Å². The van der Waals surface area contributed by atoms with E-state index in [4.69, 9.17) is 12.2 Å². The predicted octanol–water partition coefficient (Wildman–Crippen LogP) is 1.31. The highest BCUT2D eigenvalue weighted by molar-refractivity contribution is 7.71. The summed E-state index contributed by atoms with van der Waals surface area (Å²) in [6, 6.07) is 0. The second-order valence-corrected chi connectivity index (χ2v) is 3.99. The Hall–Kier alpha value is -1.43. The quantitative estimate of drug-likeness (QED) is 0.741. The van der Waals surface area contributed by atoms with E-state index in [1.807, 2.05) is 25.5 Å². The van der Waals surface area contributed by atoms with Crippen LogP contribution in [0.4, 0.5) is 0 Å². The molecule has 0 aliphatic heterocycles. The molecule has 0 saturated heterocycles. The van der Waals surface area contributed by atoms with Crippen LogP contribution in [0.25, 0.3) is 11.2 Å². The van der Waals surface area contributed by atoms with Crippen molar-refractivity contribution >= 4 is 23.4 Å². The van der Waals surface area contributed by atoms with Crippen LogP contribution in [0.2, 0.25) is 0 Å². The van der Waals surface area contributed by atoms with Crippen molar-refractivity contribution in [2.75, 3.05) is 0 Å². The van der Waals surface area contributed by atoms with Crippen molar-refractivity contribution in [2.24, 2.45) is 7.05 Å². The second-order valence-electron chi connectivity index (χ2n) is 3.60. The van der Waals surface area contributed by atoms with Crippen molar-refractivity contribution in [3.63, 3.8) is 0 Å². The number of fused-ring (bicyclic) bond motifs is 1. The molecule has 86 valence electrons. The highest BCUT2D eigenvalue weighted by atomic mass is 32.1. The van der Waals surface area contributed by atoms with Crippen molar-refractivity contribution in [3.8, 4) is 0 Å². The zero-order chi connectivity index (χ0) is 11.9. The molecule has 2 aromatic heterocycles. The molecule has 5 nitrogen and oxygen atoms in total. The Labute approximate surface area is 98.0 Å². The molecule has 0 amide bonds. The summed E-state index contributed by atoms with van der Waals surface area (Å²) in [5, 5.41) is 0. The first-order valence-corrected chi connectivity index (χ1v) is 5.67. The third-order valence-electron chi connectivity index (χ3n) is 2.72. The van der Waals surface area contributed by atoms with E-state index in [1.54, 1.807) is 15.5 Å². The maximum absolute atomic E-state index is 12.1. The first-order valence-electron chi connectivity index (χ1n) is 5.26. The molecule has 16 heavy (non-hydrogen) atoms. The van der Waals surface area contributed by atoms with E-state index >= 15 is 0 Å². The van der Waals surface area contributed by atoms with Crippen LogP contribution in [-0.2, 0) is 20.1 Å². The lowest BCUT2D eigenvalue weighted by atomic mass is 10.5. The number of hydrogen-bond donors (Lipinski definition) is 0. The third kappa shape index (κ3) is 1.33. The molecule has 2 aromatic rings. The van der Waals surface area contributed by atoms with Gasteiger partial charge in [0.25, 0.3) is 0 Å². The minimum atomic E-state index is -0.0822. The SMILES string of the molecule is CCn1c(=S)c2c(ncn2C)n(CC)c1=O. The molecule has 0 N–H and O–H groups in total. The van der Waals surface area contributed by atoms with Gasteiger partial charge in [-0.15, -0.1) is 0 Å². The second kappa shape index (κ2) is 3.86. The van der Waals surface area contributed by atoms with Gasteiger partial charge in [0.2, 0.25) is 0 Å². The summed E-state index contributed by atoms with van der Waals surface area (Å²) in [4.78, 5) is 16.3. The van der Waals surface area contributed by atoms with Gasteiger partial charge in [0.15, 0.2) is 5.65 Å². The van der Waals surface area contributed by atoms with Gasteiger partial charge in [-0.2, -0.15) is 0 Å². The molecule has 0 saturated carbocycles. The topological polar surface area (TPSA) is 44.8 Å². The smallest absolute Gasteiger partial charge is 0.330 e. The summed E-state index contributed by atoms with van der Waals surface area (Å²) >= 11 is 5.32. The van der Waals surface area contributed by atoms with Crippen molar-refractivity contribution in [1.82, 2.24) is 18.7 Å². The normalized spacial score (nSPS) is 11.2. The molecule has 2 rings (SSSR count). The van der Waals surface area contributed by atoms with Gasteiger partial charge >= 0.3 is 5.69 Å². The van der Waals surface area contributed by atoms with Gasteiger partial charge in [-0.1, -0.05) is 12.2 Å². The van der Waals surface area contributed by atoms with E-state index in [1.165, 1.54) is 0 Å². The zero-order valence-electron chi connectivity index (χ0n) is 9.60. The molecule has 0 spiro atoms. The van der Waals surface area contributed by atoms with E-state index in [-0.39, 0.29) is 5.69 Å². The van der Waals surface area contributed by atoms with Gasteiger partial charge in [0.1, 0.15) is 10.2 Å². The monoisotopic (exact) mass is 238 g/mol. The number of aromatic nitrogens is 4. The molecule has 0 fully saturated rings. The summed E-state index contributed by atoms with van der Waals surface area (Å²) in [6.45, 7) is 5.03. The molecule has 0 unspecified atom stereocenters. The van der Waals surface area contributed by atoms with Crippen LogP contribution in [0.1, 0.15) is 13.8 Å². The van der Waals surface area contributed by atoms with E-state index < -0.39 is 0 Å². The fourth-order valence-corrected chi connectivity index (χ4v) is 2.32. The maximum Gasteiger partial charge on any atom is 0.330 e. The van der Waals surface area contributed by atoms with Gasteiger partial charge in [0.05, 0.1) is 6.33 Å². The van der Waals surface area contributed by atoms with Crippen LogP contribution in [0.3, 0.4) is 0 Å². The number of imidazole rings is 1. The number of nitrogens with zero attached hydrogens (tertiary/aromatic N) is 4. The highest BCUT2D eigenvalue weighted by Crippen LogP contribution is 2.11. The van der Waals surface area contributed by atoms with Gasteiger partial charge < -0.3 is 4.57 Å². The standard InChI is InChI=1S/C10H14N4OS/c1-4-13-8-7(12(3)6-11-8)9(16)14(5-2)10(13)15/h6H,4-5H2,1-3H3. The van der Waals surface area contributed by atoms with Crippen LogP contribution in [0.15, 0.2) is 11.1 Å². The molecule has 0 aliphatic carbocycles. The Bertz CT molecular complexity index is 649. The van der Waals surface area contributed by atoms with Crippen molar-refractivity contribution in [3.05, 3.63) is 21.5 Å². The van der Waals surface area contributed by atoms with Crippen LogP contribution in [0.5, 0.6) is 0 Å². The summed E-state index contributed by atoms with van der Waals surface area (Å²) < 4.78 is 5.67. The summed E-state index contributed by atoms with van der Waals surface area (Å²) in [5.41, 5.74) is 1.43. The van der Waals surface area contributed by atoms with Crippen LogP contribution in [-0.4, -0.2) is 18.7 Å². The fourth-order valence-electron chi connectivity index (χ4n) is 1.88. The number of rotatable bonds is 2. The van der Waals surface area contributed by atoms with Crippen molar-refractivity contribution in [2.45, 2.75) is 26.9 Å². The first-order chi connectivity index (χ1) is 7.61. The zero-order valence-corrected chi connectivity index (χ0v) is 10.4. The minimum Gasteiger partial charge on any atom is -0.330 e. The maximum atomic E-state index is 12.1. The predicted molar refractivity (Wildman–Crippen MR) is 65.1 cm³/mol. The van der Waals surface area contributed by atoms with E-state index in [9.17, 15) is 4.79 Å². The molecular formula is C10H14N4OS. The van der Waals surface area contributed by atoms with Crippen LogP contribution >= 0.6 is 12.2 Å². The van der Waals surface area contributed by atoms with E-state index in [0.717, 1.165) is 5.52 Å². The summed E-state index contributed by atoms with van der Waals surface area (Å²) in [6.07, 6.45) is 1.69. The van der Waals surface area contributed by atoms with Gasteiger partial charge in [-0.25, -0.2) is 9.78 Å². The molecule has 6 heteroatoms. The minimum absolute atomic E-state index is 0.0822. The molecule has 2 heterocycles. The Kier molecular flexibility index (Phi) is 2.67. The highest BCUT2D eigenvalue weighted by Gasteiger charge is 2.12. The van der Waals surface area contributed by atoms with Gasteiger partial charge in [0, 0.05) is 20.1 Å². The lowest BCUT2D eigenvalue weighted by molar-refractivity contribution is 0.614. The van der Waals surface area contributed by atoms with Crippen molar-refractivity contribution in [1.29, 1.82) is 0 Å². The Morgan fingerprint density at radius 1 is 1.31 bits per heavy atom. The van der Waals surface area contributed by atoms with Crippen molar-refractivity contribution < 1.29 is 0 Å². The van der Waals surface area contributed by atoms with E-state index in [0.29, 0.717) is 23.4 Å². The largest absolute Gasteiger partial charge is 0.330 e. The lowest BCUT2D eigenvalue weighted by Gasteiger charge is -2.09. The van der Waals surface area contributed by atoms with Crippen LogP contribution in [0, 0.1) is 4.64 Å². The average Bonchev–Trinajstić information content (AvgIpc) is 2.62. The van der Waals surface area contributed by atoms with Gasteiger partial charge in [-0.3, -0.25) is 9.13 Å². The number of hydrogen-bond acceptors (Lipinski definition) is 3. The molecule has 0 aromatic carbocycles. The fraction of sp³-hybridized carbons (Fsp3) is 0.500. The third-order valence-corrected chi connectivity index (χ3v) is 3.13. The van der Waals surface area contributed by atoms with E-state index in [2.05, 4.69) is 4.98 Å². The first kappa shape index (κ1) is 11.1. The number of aryl methyl sites for hydroxylation is 2. The Balaban J connectivity index is 3.09. The molecular weight excluding hydrogens is 224 g/mol. The molecule has 0 bridgehead atoms. The molecule has 0 radical (unpaired) electrons. The summed E-state index contributed by atoms with van der Waals surface area (Å²) in [7, 11) is 1.88. The van der Waals surface area contributed by atoms with Gasteiger partial charge in [-0.05, 0) is 13.8 Å². The Morgan fingerprint density at radius 2 is 1.94 bits per heavy atom. The lowest BCUT2D eigenvalue weighted by Crippen LogP contribution is -2.31. The Morgan fingerprint density at radius 3 is 2.50 bits per heavy atom. The molecule has 0 atom stereocenters. The average molecular weight is 238 g/mol. The summed E-state index contributed by atoms with van der Waals surface area (Å²) in [5.74, 6) is 0. The molecule has 0 aliphatic rings.